The zero-order valence-electron chi connectivity index (χ0n) is 17.1. The van der Waals surface area contributed by atoms with Gasteiger partial charge in [-0.2, -0.15) is 0 Å². The lowest BCUT2D eigenvalue weighted by Crippen LogP contribution is -2.52. The summed E-state index contributed by atoms with van der Waals surface area (Å²) in [5.41, 5.74) is 1.61. The van der Waals surface area contributed by atoms with Gasteiger partial charge < -0.3 is 15.5 Å². The van der Waals surface area contributed by atoms with Crippen LogP contribution >= 0.6 is 0 Å². The van der Waals surface area contributed by atoms with Gasteiger partial charge in [0, 0.05) is 25.1 Å². The molecule has 29 heavy (non-hydrogen) atoms. The van der Waals surface area contributed by atoms with Crippen molar-refractivity contribution in [1.29, 1.82) is 0 Å². The highest BCUT2D eigenvalue weighted by Gasteiger charge is 2.29. The van der Waals surface area contributed by atoms with E-state index in [4.69, 9.17) is 0 Å². The highest BCUT2D eigenvalue weighted by molar-refractivity contribution is 5.97. The van der Waals surface area contributed by atoms with E-state index in [0.717, 1.165) is 44.6 Å². The molecule has 1 saturated heterocycles. The van der Waals surface area contributed by atoms with Crippen LogP contribution in [0.5, 0.6) is 0 Å². The number of piperidine rings is 1. The molecule has 0 radical (unpaired) electrons. The Morgan fingerprint density at radius 3 is 2.24 bits per heavy atom. The highest BCUT2D eigenvalue weighted by atomic mass is 16.2. The Hall–Kier alpha value is -2.66. The van der Waals surface area contributed by atoms with Crippen molar-refractivity contribution in [2.24, 2.45) is 5.92 Å². The van der Waals surface area contributed by atoms with Crippen molar-refractivity contribution in [2.45, 2.75) is 32.2 Å². The maximum atomic E-state index is 13.3. The van der Waals surface area contributed by atoms with Gasteiger partial charge in [0.15, 0.2) is 0 Å². The van der Waals surface area contributed by atoms with E-state index in [9.17, 15) is 9.59 Å². The second-order valence-corrected chi connectivity index (χ2v) is 7.66. The van der Waals surface area contributed by atoms with Gasteiger partial charge in [-0.25, -0.2) is 0 Å². The van der Waals surface area contributed by atoms with Crippen molar-refractivity contribution < 1.29 is 9.59 Å². The Labute approximate surface area is 173 Å². The minimum absolute atomic E-state index is 0.0139. The Kier molecular flexibility index (Phi) is 7.82. The zero-order chi connectivity index (χ0) is 20.5. The molecule has 1 atom stereocenters. The summed E-state index contributed by atoms with van der Waals surface area (Å²) in [6.45, 7) is 5.60. The fourth-order valence-corrected chi connectivity index (χ4v) is 3.81. The summed E-state index contributed by atoms with van der Waals surface area (Å²) in [6.07, 6.45) is 2.50. The molecule has 2 aromatic rings. The van der Waals surface area contributed by atoms with Crippen molar-refractivity contribution in [3.63, 3.8) is 0 Å². The molecule has 154 valence electrons. The number of hydrogen-bond donors (Lipinski definition) is 2. The Bertz CT molecular complexity index is 771. The van der Waals surface area contributed by atoms with E-state index in [-0.39, 0.29) is 11.8 Å². The number of likely N-dealkylation sites (tertiary alicyclic amines) is 1. The lowest BCUT2D eigenvalue weighted by atomic mass is 9.95. The van der Waals surface area contributed by atoms with Gasteiger partial charge in [0.25, 0.3) is 5.91 Å². The van der Waals surface area contributed by atoms with Crippen LogP contribution < -0.4 is 10.6 Å². The standard InChI is InChI=1S/C24H31N3O2/c1-2-25-18-20-13-15-27(16-14-20)24(29)22(17-19-9-5-3-6-10-19)26-23(28)21-11-7-4-8-12-21/h3-12,20,22,25H,2,13-18H2,1H3,(H,26,28). The summed E-state index contributed by atoms with van der Waals surface area (Å²) >= 11 is 0. The maximum Gasteiger partial charge on any atom is 0.251 e. The van der Waals surface area contributed by atoms with Crippen LogP contribution in [0.15, 0.2) is 60.7 Å². The van der Waals surface area contributed by atoms with Gasteiger partial charge in [-0.3, -0.25) is 9.59 Å². The van der Waals surface area contributed by atoms with E-state index < -0.39 is 6.04 Å². The lowest BCUT2D eigenvalue weighted by Gasteiger charge is -2.34. The van der Waals surface area contributed by atoms with Crippen LogP contribution in [-0.4, -0.2) is 48.9 Å². The number of nitrogens with zero attached hydrogens (tertiary/aromatic N) is 1. The predicted molar refractivity (Wildman–Crippen MR) is 116 cm³/mol. The normalized spacial score (nSPS) is 15.7. The Morgan fingerprint density at radius 1 is 1.00 bits per heavy atom. The molecule has 0 aliphatic carbocycles. The molecule has 0 spiro atoms. The number of carbonyl (C=O) groups is 2. The van der Waals surface area contributed by atoms with Gasteiger partial charge >= 0.3 is 0 Å². The lowest BCUT2D eigenvalue weighted by molar-refractivity contribution is -0.134. The van der Waals surface area contributed by atoms with Gasteiger partial charge in [0.05, 0.1) is 0 Å². The Balaban J connectivity index is 1.67. The van der Waals surface area contributed by atoms with Crippen LogP contribution in [0.4, 0.5) is 0 Å². The van der Waals surface area contributed by atoms with Crippen molar-refractivity contribution in [1.82, 2.24) is 15.5 Å². The largest absolute Gasteiger partial charge is 0.341 e. The molecule has 1 fully saturated rings. The molecule has 2 N–H and O–H groups in total. The number of hydrogen-bond acceptors (Lipinski definition) is 3. The van der Waals surface area contributed by atoms with Crippen LogP contribution in [0, 0.1) is 5.92 Å². The molecule has 0 saturated carbocycles. The first-order valence-corrected chi connectivity index (χ1v) is 10.6. The van der Waals surface area contributed by atoms with Crippen molar-refractivity contribution in [2.75, 3.05) is 26.2 Å². The molecule has 0 bridgehead atoms. The second kappa shape index (κ2) is 10.8. The van der Waals surface area contributed by atoms with Crippen molar-refractivity contribution >= 4 is 11.8 Å². The SMILES string of the molecule is CCNCC1CCN(C(=O)C(Cc2ccccc2)NC(=O)c2ccccc2)CC1. The predicted octanol–water partition coefficient (Wildman–Crippen LogP) is 2.88. The third-order valence-corrected chi connectivity index (χ3v) is 5.53. The van der Waals surface area contributed by atoms with E-state index in [1.807, 2.05) is 53.4 Å². The minimum atomic E-state index is -0.560. The van der Waals surface area contributed by atoms with E-state index in [0.29, 0.717) is 17.9 Å². The van der Waals surface area contributed by atoms with Crippen LogP contribution in [0.3, 0.4) is 0 Å². The van der Waals surface area contributed by atoms with Crippen LogP contribution in [0.2, 0.25) is 0 Å². The molecule has 1 heterocycles. The first-order valence-electron chi connectivity index (χ1n) is 10.6. The molecule has 2 amide bonds. The molecule has 3 rings (SSSR count). The smallest absolute Gasteiger partial charge is 0.251 e. The molecule has 1 aliphatic heterocycles. The number of carbonyl (C=O) groups excluding carboxylic acids is 2. The van der Waals surface area contributed by atoms with Gasteiger partial charge in [-0.15, -0.1) is 0 Å². The highest BCUT2D eigenvalue weighted by Crippen LogP contribution is 2.18. The van der Waals surface area contributed by atoms with Crippen LogP contribution in [0.1, 0.15) is 35.7 Å². The fourth-order valence-electron chi connectivity index (χ4n) is 3.81. The summed E-state index contributed by atoms with van der Waals surface area (Å²) < 4.78 is 0. The van der Waals surface area contributed by atoms with Crippen LogP contribution in [-0.2, 0) is 11.2 Å². The fraction of sp³-hybridized carbons (Fsp3) is 0.417. The topological polar surface area (TPSA) is 61.4 Å². The van der Waals surface area contributed by atoms with E-state index >= 15 is 0 Å². The summed E-state index contributed by atoms with van der Waals surface area (Å²) in [7, 11) is 0. The third-order valence-electron chi connectivity index (χ3n) is 5.53. The number of rotatable bonds is 8. The maximum absolute atomic E-state index is 13.3. The first-order chi connectivity index (χ1) is 14.2. The average molecular weight is 394 g/mol. The third kappa shape index (κ3) is 6.16. The summed E-state index contributed by atoms with van der Waals surface area (Å²) in [6, 6.07) is 18.4. The van der Waals surface area contributed by atoms with E-state index in [2.05, 4.69) is 17.6 Å². The minimum Gasteiger partial charge on any atom is -0.341 e. The molecule has 1 unspecified atom stereocenters. The molecule has 5 heteroatoms. The van der Waals surface area contributed by atoms with Crippen molar-refractivity contribution in [3.8, 4) is 0 Å². The van der Waals surface area contributed by atoms with E-state index in [1.54, 1.807) is 12.1 Å². The summed E-state index contributed by atoms with van der Waals surface area (Å²) in [5, 5.41) is 6.38. The molecular weight excluding hydrogens is 362 g/mol. The van der Waals surface area contributed by atoms with Gasteiger partial charge in [0.1, 0.15) is 6.04 Å². The molecule has 5 nitrogen and oxygen atoms in total. The molecule has 2 aromatic carbocycles. The van der Waals surface area contributed by atoms with Gasteiger partial charge in [-0.1, -0.05) is 55.5 Å². The average Bonchev–Trinajstić information content (AvgIpc) is 2.78. The molecular formula is C24H31N3O2. The second-order valence-electron chi connectivity index (χ2n) is 7.66. The van der Waals surface area contributed by atoms with E-state index in [1.165, 1.54) is 0 Å². The number of benzene rings is 2. The van der Waals surface area contributed by atoms with Gasteiger partial charge in [-0.05, 0) is 49.5 Å². The van der Waals surface area contributed by atoms with Crippen molar-refractivity contribution in [3.05, 3.63) is 71.8 Å². The zero-order valence-corrected chi connectivity index (χ0v) is 17.1. The Morgan fingerprint density at radius 2 is 1.62 bits per heavy atom. The molecule has 1 aliphatic rings. The quantitative estimate of drug-likeness (QED) is 0.725. The number of amides is 2. The monoisotopic (exact) mass is 393 g/mol. The molecule has 0 aromatic heterocycles. The van der Waals surface area contributed by atoms with Gasteiger partial charge in [0.2, 0.25) is 5.91 Å². The first kappa shape index (κ1) is 21.1. The summed E-state index contributed by atoms with van der Waals surface area (Å²) in [5.74, 6) is 0.424. The summed E-state index contributed by atoms with van der Waals surface area (Å²) in [4.78, 5) is 27.9. The van der Waals surface area contributed by atoms with Crippen LogP contribution in [0.25, 0.3) is 0 Å². The number of nitrogens with one attached hydrogen (secondary N) is 2.